The number of amidine groups is 1. The van der Waals surface area contributed by atoms with Crippen LogP contribution in [0.25, 0.3) is 0 Å². The lowest BCUT2D eigenvalue weighted by molar-refractivity contribution is -0.138. The van der Waals surface area contributed by atoms with E-state index in [-0.39, 0.29) is 17.5 Å². The van der Waals surface area contributed by atoms with Crippen molar-refractivity contribution in [3.63, 3.8) is 0 Å². The minimum Gasteiger partial charge on any atom is -0.481 e. The van der Waals surface area contributed by atoms with Crippen LogP contribution in [0, 0.1) is 6.92 Å². The van der Waals surface area contributed by atoms with Crippen molar-refractivity contribution in [1.29, 1.82) is 0 Å². The summed E-state index contributed by atoms with van der Waals surface area (Å²) < 4.78 is 5.25. The van der Waals surface area contributed by atoms with Gasteiger partial charge in [-0.3, -0.25) is 9.59 Å². The van der Waals surface area contributed by atoms with Gasteiger partial charge in [-0.2, -0.15) is 5.10 Å². The molecule has 1 aromatic rings. The molecule has 1 amide bonds. The first-order valence-corrected chi connectivity index (χ1v) is 6.29. The fourth-order valence-electron chi connectivity index (χ4n) is 1.41. The molecule has 2 heterocycles. The second kappa shape index (κ2) is 5.70. The van der Waals surface area contributed by atoms with Gasteiger partial charge in [0.05, 0.1) is 12.6 Å². The van der Waals surface area contributed by atoms with Crippen LogP contribution in [0.3, 0.4) is 0 Å². The first kappa shape index (κ1) is 13.3. The molecule has 100 valence electrons. The van der Waals surface area contributed by atoms with Crippen LogP contribution in [0.1, 0.15) is 17.9 Å². The van der Waals surface area contributed by atoms with E-state index in [4.69, 9.17) is 9.52 Å². The van der Waals surface area contributed by atoms with Gasteiger partial charge >= 0.3 is 5.97 Å². The van der Waals surface area contributed by atoms with E-state index < -0.39 is 11.2 Å². The van der Waals surface area contributed by atoms with Crippen LogP contribution in [-0.2, 0) is 9.59 Å². The molecule has 0 aliphatic carbocycles. The van der Waals surface area contributed by atoms with Crippen LogP contribution >= 0.6 is 11.8 Å². The van der Waals surface area contributed by atoms with Gasteiger partial charge in [0.1, 0.15) is 16.8 Å². The quantitative estimate of drug-likeness (QED) is 0.632. The number of rotatable bonds is 4. The lowest BCUT2D eigenvalue weighted by Crippen LogP contribution is -2.26. The van der Waals surface area contributed by atoms with Crippen LogP contribution in [0.15, 0.2) is 26.8 Å². The van der Waals surface area contributed by atoms with E-state index in [9.17, 15) is 9.59 Å². The monoisotopic (exact) mass is 281 g/mol. The Morgan fingerprint density at radius 2 is 2.42 bits per heavy atom. The van der Waals surface area contributed by atoms with E-state index in [1.165, 1.54) is 6.21 Å². The van der Waals surface area contributed by atoms with Gasteiger partial charge in [-0.1, -0.05) is 11.8 Å². The highest BCUT2D eigenvalue weighted by Gasteiger charge is 2.32. The van der Waals surface area contributed by atoms with Gasteiger partial charge in [-0.25, -0.2) is 0 Å². The summed E-state index contributed by atoms with van der Waals surface area (Å²) in [6.07, 6.45) is 1.17. The molecule has 0 aromatic carbocycles. The molecule has 0 bridgehead atoms. The average molecular weight is 281 g/mol. The zero-order valence-electron chi connectivity index (χ0n) is 9.99. The molecule has 7 nitrogen and oxygen atoms in total. The van der Waals surface area contributed by atoms with Gasteiger partial charge in [-0.15, -0.1) is 5.10 Å². The summed E-state index contributed by atoms with van der Waals surface area (Å²) in [6, 6.07) is 3.54. The molecule has 0 saturated carbocycles. The molecule has 1 saturated heterocycles. The van der Waals surface area contributed by atoms with Crippen LogP contribution in [-0.4, -0.2) is 33.6 Å². The van der Waals surface area contributed by atoms with Gasteiger partial charge in [-0.05, 0) is 19.1 Å². The maximum Gasteiger partial charge on any atom is 0.305 e. The van der Waals surface area contributed by atoms with Crippen molar-refractivity contribution in [2.24, 2.45) is 10.2 Å². The van der Waals surface area contributed by atoms with Crippen molar-refractivity contribution in [2.75, 3.05) is 0 Å². The van der Waals surface area contributed by atoms with Gasteiger partial charge in [0, 0.05) is 0 Å². The van der Waals surface area contributed by atoms with Gasteiger partial charge in [0.15, 0.2) is 5.17 Å². The summed E-state index contributed by atoms with van der Waals surface area (Å²) in [6.45, 7) is 1.81. The number of furan rings is 1. The predicted octanol–water partition coefficient (Wildman–Crippen LogP) is 0.984. The molecule has 0 spiro atoms. The summed E-state index contributed by atoms with van der Waals surface area (Å²) >= 11 is 1.05. The van der Waals surface area contributed by atoms with Crippen LogP contribution in [0.2, 0.25) is 0 Å². The van der Waals surface area contributed by atoms with Crippen molar-refractivity contribution in [1.82, 2.24) is 5.32 Å². The Morgan fingerprint density at radius 3 is 3.05 bits per heavy atom. The Labute approximate surface area is 112 Å². The molecule has 1 aromatic heterocycles. The van der Waals surface area contributed by atoms with Crippen molar-refractivity contribution in [2.45, 2.75) is 18.6 Å². The largest absolute Gasteiger partial charge is 0.481 e. The van der Waals surface area contributed by atoms with E-state index in [0.29, 0.717) is 5.76 Å². The van der Waals surface area contributed by atoms with Crippen molar-refractivity contribution in [3.8, 4) is 0 Å². The van der Waals surface area contributed by atoms with E-state index in [0.717, 1.165) is 17.5 Å². The molecule has 1 aliphatic rings. The zero-order valence-corrected chi connectivity index (χ0v) is 10.8. The second-order valence-electron chi connectivity index (χ2n) is 3.79. The minimum absolute atomic E-state index is 0.239. The Hall–Kier alpha value is -2.09. The molecule has 1 atom stereocenters. The molecular formula is C11H11N3O4S. The number of carboxylic acids is 1. The van der Waals surface area contributed by atoms with Gasteiger partial charge in [0.2, 0.25) is 5.91 Å². The first-order valence-electron chi connectivity index (χ1n) is 5.41. The topological polar surface area (TPSA) is 104 Å². The number of hydrogen-bond acceptors (Lipinski definition) is 6. The molecule has 1 aliphatic heterocycles. The van der Waals surface area contributed by atoms with E-state index in [1.807, 2.05) is 6.92 Å². The fraction of sp³-hybridized carbons (Fsp3) is 0.273. The number of carboxylic acid groups (broad SMARTS) is 1. The summed E-state index contributed by atoms with van der Waals surface area (Å²) in [7, 11) is 0. The van der Waals surface area contributed by atoms with Crippen LogP contribution < -0.4 is 5.32 Å². The molecule has 2 N–H and O–H groups in total. The highest BCUT2D eigenvalue weighted by molar-refractivity contribution is 8.15. The number of carbonyl (C=O) groups excluding carboxylic acids is 1. The van der Waals surface area contributed by atoms with E-state index in [2.05, 4.69) is 15.5 Å². The normalized spacial score (nSPS) is 21.2. The molecule has 2 rings (SSSR count). The molecule has 8 heteroatoms. The second-order valence-corrected chi connectivity index (χ2v) is 4.98. The van der Waals surface area contributed by atoms with Crippen LogP contribution in [0.5, 0.6) is 0 Å². The Bertz CT molecular complexity index is 564. The van der Waals surface area contributed by atoms with Crippen LogP contribution in [0.4, 0.5) is 0 Å². The lowest BCUT2D eigenvalue weighted by atomic mass is 10.3. The van der Waals surface area contributed by atoms with Crippen molar-refractivity contribution < 1.29 is 19.1 Å². The minimum atomic E-state index is -1.02. The number of aryl methyl sites for hydroxylation is 1. The summed E-state index contributed by atoms with van der Waals surface area (Å²) in [5, 5.41) is 18.3. The van der Waals surface area contributed by atoms with Gasteiger partial charge in [0.25, 0.3) is 0 Å². The smallest absolute Gasteiger partial charge is 0.305 e. The molecular weight excluding hydrogens is 270 g/mol. The molecule has 19 heavy (non-hydrogen) atoms. The SMILES string of the molecule is Cc1ccc(/C=N/N=C2\NC(=O)C(CC(=O)O)S2)o1. The van der Waals surface area contributed by atoms with E-state index in [1.54, 1.807) is 12.1 Å². The number of thioether (sulfide) groups is 1. The summed E-state index contributed by atoms with van der Waals surface area (Å²) in [5.74, 6) is -0.0731. The zero-order chi connectivity index (χ0) is 13.8. The maximum atomic E-state index is 11.4. The average Bonchev–Trinajstić information content (AvgIpc) is 2.86. The maximum absolute atomic E-state index is 11.4. The first-order chi connectivity index (χ1) is 9.04. The fourth-order valence-corrected chi connectivity index (χ4v) is 2.32. The highest BCUT2D eigenvalue weighted by Crippen LogP contribution is 2.22. The van der Waals surface area contributed by atoms with Gasteiger partial charge < -0.3 is 14.8 Å². The number of carbonyl (C=O) groups is 2. The third-order valence-electron chi connectivity index (χ3n) is 2.23. The van der Waals surface area contributed by atoms with E-state index >= 15 is 0 Å². The number of nitrogens with one attached hydrogen (secondary N) is 1. The third kappa shape index (κ3) is 3.68. The Kier molecular flexibility index (Phi) is 4.00. The predicted molar refractivity (Wildman–Crippen MR) is 70.2 cm³/mol. The highest BCUT2D eigenvalue weighted by atomic mass is 32.2. The summed E-state index contributed by atoms with van der Waals surface area (Å²) in [5.41, 5.74) is 0. The molecule has 1 unspecified atom stereocenters. The number of aliphatic carboxylic acids is 1. The number of amides is 1. The number of hydrogen-bond donors (Lipinski definition) is 2. The summed E-state index contributed by atoms with van der Waals surface area (Å²) in [4.78, 5) is 21.9. The third-order valence-corrected chi connectivity index (χ3v) is 3.30. The Balaban J connectivity index is 1.96. The Morgan fingerprint density at radius 1 is 1.63 bits per heavy atom. The molecule has 0 radical (unpaired) electrons. The molecule has 1 fully saturated rings. The van der Waals surface area contributed by atoms with Crippen molar-refractivity contribution in [3.05, 3.63) is 23.7 Å². The number of nitrogens with zero attached hydrogens (tertiary/aromatic N) is 2. The lowest BCUT2D eigenvalue weighted by Gasteiger charge is -1.97. The standard InChI is InChI=1S/C11H11N3O4S/c1-6-2-3-7(18-6)5-12-14-11-13-10(17)8(19-11)4-9(15)16/h2-3,5,8H,4H2,1H3,(H,15,16)(H,13,14,17)/b12-5+. The van der Waals surface area contributed by atoms with Crippen molar-refractivity contribution >= 4 is 35.0 Å².